The first-order chi connectivity index (χ1) is 16.5. The van der Waals surface area contributed by atoms with Crippen molar-refractivity contribution in [2.75, 3.05) is 33.9 Å². The molecule has 0 spiro atoms. The van der Waals surface area contributed by atoms with Crippen LogP contribution in [0.25, 0.3) is 16.9 Å². The molecule has 1 aromatic carbocycles. The molecule has 0 N–H and O–H groups in total. The van der Waals surface area contributed by atoms with E-state index < -0.39 is 0 Å². The summed E-state index contributed by atoms with van der Waals surface area (Å²) in [4.78, 5) is 2.15. The first kappa shape index (κ1) is 21.1. The normalized spacial score (nSPS) is 17.0. The predicted molar refractivity (Wildman–Crippen MR) is 125 cm³/mol. The largest absolute Gasteiger partial charge is 0.493 e. The first-order valence-corrected chi connectivity index (χ1v) is 11.6. The smallest absolute Gasteiger partial charge is 0.170 e. The highest BCUT2D eigenvalue weighted by Gasteiger charge is 2.32. The van der Waals surface area contributed by atoms with Gasteiger partial charge < -0.3 is 14.4 Å². The summed E-state index contributed by atoms with van der Waals surface area (Å²) in [5.74, 6) is 1.35. The molecule has 0 bridgehead atoms. The Hall–Kier alpha value is -3.46. The maximum atomic E-state index is 14.8. The standard InChI is InChI=1S/C25H27FN6O2/c1-30(2)9-8-16-10-21(31(3)29-16)18-11-23-20(32-14-27-28-25(18)32)6-4-17-19(26)5-7-22-24(17)15(12-33-22)13-34-23/h5,7,10-11,14-15H,4,6,8-9,12-13H2,1-3H3/t15-/m1/s1. The zero-order chi connectivity index (χ0) is 23.4. The van der Waals surface area contributed by atoms with Gasteiger partial charge in [-0.3, -0.25) is 9.08 Å². The van der Waals surface area contributed by atoms with Crippen molar-refractivity contribution in [3.05, 3.63) is 58.9 Å². The van der Waals surface area contributed by atoms with Gasteiger partial charge in [-0.25, -0.2) is 4.39 Å². The van der Waals surface area contributed by atoms with E-state index in [2.05, 4.69) is 35.3 Å². The maximum Gasteiger partial charge on any atom is 0.170 e. The number of hydrogen-bond donors (Lipinski definition) is 0. The molecule has 6 rings (SSSR count). The van der Waals surface area contributed by atoms with Gasteiger partial charge in [0.15, 0.2) is 5.65 Å². The van der Waals surface area contributed by atoms with Crippen molar-refractivity contribution < 1.29 is 13.9 Å². The highest BCUT2D eigenvalue weighted by Crippen LogP contribution is 2.41. The number of pyridine rings is 1. The van der Waals surface area contributed by atoms with Gasteiger partial charge in [-0.1, -0.05) is 0 Å². The highest BCUT2D eigenvalue weighted by molar-refractivity contribution is 5.77. The van der Waals surface area contributed by atoms with Crippen LogP contribution in [0.3, 0.4) is 0 Å². The van der Waals surface area contributed by atoms with Crippen molar-refractivity contribution in [3.8, 4) is 22.8 Å². The van der Waals surface area contributed by atoms with Gasteiger partial charge in [-0.05, 0) is 56.8 Å². The average molecular weight is 463 g/mol. The van der Waals surface area contributed by atoms with Crippen LogP contribution in [-0.2, 0) is 26.3 Å². The lowest BCUT2D eigenvalue weighted by molar-refractivity contribution is 0.246. The van der Waals surface area contributed by atoms with Crippen LogP contribution >= 0.6 is 0 Å². The molecule has 8 nitrogen and oxygen atoms in total. The van der Waals surface area contributed by atoms with Crippen LogP contribution in [0, 0.1) is 5.82 Å². The van der Waals surface area contributed by atoms with Crippen LogP contribution in [0.4, 0.5) is 4.39 Å². The number of aryl methyl sites for hydroxylation is 2. The van der Waals surface area contributed by atoms with Gasteiger partial charge in [0.25, 0.3) is 0 Å². The number of ether oxygens (including phenoxy) is 2. The zero-order valence-corrected chi connectivity index (χ0v) is 19.6. The Morgan fingerprint density at radius 2 is 1.94 bits per heavy atom. The van der Waals surface area contributed by atoms with Crippen molar-refractivity contribution in [1.82, 2.24) is 29.3 Å². The Kier molecular flexibility index (Phi) is 5.02. The van der Waals surface area contributed by atoms with Crippen LogP contribution in [0.15, 0.2) is 30.6 Å². The third-order valence-electron chi connectivity index (χ3n) is 6.82. The second-order valence-corrected chi connectivity index (χ2v) is 9.35. The van der Waals surface area contributed by atoms with Crippen molar-refractivity contribution in [2.45, 2.75) is 25.2 Å². The molecule has 0 fully saturated rings. The highest BCUT2D eigenvalue weighted by atomic mass is 19.1. The molecule has 5 heterocycles. The molecule has 34 heavy (non-hydrogen) atoms. The van der Waals surface area contributed by atoms with Gasteiger partial charge in [-0.15, -0.1) is 10.2 Å². The maximum absolute atomic E-state index is 14.8. The zero-order valence-electron chi connectivity index (χ0n) is 19.6. The number of rotatable bonds is 4. The van der Waals surface area contributed by atoms with Crippen molar-refractivity contribution in [1.29, 1.82) is 0 Å². The molecular weight excluding hydrogens is 435 g/mol. The third-order valence-corrected chi connectivity index (χ3v) is 6.82. The van der Waals surface area contributed by atoms with E-state index >= 15 is 0 Å². The van der Waals surface area contributed by atoms with Gasteiger partial charge >= 0.3 is 0 Å². The summed E-state index contributed by atoms with van der Waals surface area (Å²) in [7, 11) is 6.06. The summed E-state index contributed by atoms with van der Waals surface area (Å²) in [6.07, 6.45) is 3.73. The molecule has 4 aromatic rings. The molecule has 9 heteroatoms. The molecule has 2 aliphatic rings. The topological polar surface area (TPSA) is 69.7 Å². The van der Waals surface area contributed by atoms with E-state index in [4.69, 9.17) is 14.6 Å². The van der Waals surface area contributed by atoms with E-state index in [1.807, 2.05) is 22.2 Å². The van der Waals surface area contributed by atoms with E-state index in [0.29, 0.717) is 26.1 Å². The Bertz CT molecular complexity index is 1390. The number of nitrogens with zero attached hydrogens (tertiary/aromatic N) is 6. The van der Waals surface area contributed by atoms with E-state index in [0.717, 1.165) is 63.9 Å². The lowest BCUT2D eigenvalue weighted by Gasteiger charge is -2.16. The Balaban J connectivity index is 1.44. The van der Waals surface area contributed by atoms with Crippen LogP contribution < -0.4 is 9.47 Å². The SMILES string of the molecule is CN(C)CCc1cc(-c2cc3c(n4cnnc24)CCc2c(F)ccc4c2[C@H](CO4)CO3)n(C)n1. The molecular formula is C25H27FN6O2. The van der Waals surface area contributed by atoms with E-state index in [-0.39, 0.29) is 11.7 Å². The Labute approximate surface area is 196 Å². The minimum Gasteiger partial charge on any atom is -0.493 e. The number of benzene rings is 1. The van der Waals surface area contributed by atoms with Crippen LogP contribution in [0.2, 0.25) is 0 Å². The monoisotopic (exact) mass is 462 g/mol. The fraction of sp³-hybridized carbons (Fsp3) is 0.400. The quantitative estimate of drug-likeness (QED) is 0.464. The molecule has 0 unspecified atom stereocenters. The lowest BCUT2D eigenvalue weighted by atomic mass is 9.93. The van der Waals surface area contributed by atoms with Crippen molar-refractivity contribution in [2.24, 2.45) is 7.05 Å². The summed E-state index contributed by atoms with van der Waals surface area (Å²) < 4.78 is 30.9. The molecule has 0 aliphatic carbocycles. The molecule has 0 saturated carbocycles. The van der Waals surface area contributed by atoms with Gasteiger partial charge in [0.1, 0.15) is 23.6 Å². The molecule has 0 saturated heterocycles. The van der Waals surface area contributed by atoms with E-state index in [9.17, 15) is 4.39 Å². The van der Waals surface area contributed by atoms with Crippen LogP contribution in [0.1, 0.15) is 28.4 Å². The Morgan fingerprint density at radius 1 is 1.12 bits per heavy atom. The lowest BCUT2D eigenvalue weighted by Crippen LogP contribution is -2.15. The van der Waals surface area contributed by atoms with Crippen molar-refractivity contribution >= 4 is 5.65 Å². The molecule has 0 radical (unpaired) electrons. The fourth-order valence-electron chi connectivity index (χ4n) is 5.09. The second kappa shape index (κ2) is 8.09. The van der Waals surface area contributed by atoms with Gasteiger partial charge in [0.2, 0.25) is 0 Å². The summed E-state index contributed by atoms with van der Waals surface area (Å²) >= 11 is 0. The van der Waals surface area contributed by atoms with Gasteiger partial charge in [0, 0.05) is 31.1 Å². The molecule has 0 amide bonds. The molecule has 2 aliphatic heterocycles. The molecule has 176 valence electrons. The number of likely N-dealkylation sites (N-methyl/N-ethyl adjacent to an activating group) is 1. The first-order valence-electron chi connectivity index (χ1n) is 11.6. The van der Waals surface area contributed by atoms with E-state index in [1.165, 1.54) is 6.07 Å². The van der Waals surface area contributed by atoms with Gasteiger partial charge in [0.05, 0.1) is 36.2 Å². The summed E-state index contributed by atoms with van der Waals surface area (Å²) in [5.41, 5.74) is 6.24. The summed E-state index contributed by atoms with van der Waals surface area (Å²) in [6.45, 7) is 1.84. The Morgan fingerprint density at radius 3 is 2.76 bits per heavy atom. The molecule has 3 aromatic heterocycles. The van der Waals surface area contributed by atoms with Gasteiger partial charge in [-0.2, -0.15) is 5.10 Å². The minimum absolute atomic E-state index is 0.000971. The third kappa shape index (κ3) is 3.42. The number of hydrogen-bond acceptors (Lipinski definition) is 6. The molecule has 1 atom stereocenters. The average Bonchev–Trinajstić information content (AvgIpc) is 3.54. The van der Waals surface area contributed by atoms with Crippen LogP contribution in [-0.4, -0.2) is 63.1 Å². The minimum atomic E-state index is -0.186. The fourth-order valence-corrected chi connectivity index (χ4v) is 5.09. The summed E-state index contributed by atoms with van der Waals surface area (Å²) in [6, 6.07) is 7.38. The van der Waals surface area contributed by atoms with Crippen LogP contribution in [0.5, 0.6) is 11.5 Å². The van der Waals surface area contributed by atoms with E-state index in [1.54, 1.807) is 12.4 Å². The number of aromatic nitrogens is 5. The summed E-state index contributed by atoms with van der Waals surface area (Å²) in [5, 5.41) is 13.3. The predicted octanol–water partition coefficient (Wildman–Crippen LogP) is 3.03. The second-order valence-electron chi connectivity index (χ2n) is 9.35. The number of fused-ring (bicyclic) bond motifs is 3. The van der Waals surface area contributed by atoms with Crippen molar-refractivity contribution in [3.63, 3.8) is 0 Å². The number of halogens is 1.